The van der Waals surface area contributed by atoms with Gasteiger partial charge in [-0.25, -0.2) is 4.79 Å². The van der Waals surface area contributed by atoms with E-state index in [1.54, 1.807) is 13.0 Å². The normalized spacial score (nSPS) is 10.6. The number of hydrogen-bond acceptors (Lipinski definition) is 3. The van der Waals surface area contributed by atoms with Crippen LogP contribution in [0.5, 0.6) is 0 Å². The molecule has 1 aromatic carbocycles. The van der Waals surface area contributed by atoms with Crippen molar-refractivity contribution < 1.29 is 14.3 Å². The molecule has 5 heteroatoms. The third-order valence-electron chi connectivity index (χ3n) is 2.81. The molecule has 0 aliphatic carbocycles. The van der Waals surface area contributed by atoms with Crippen LogP contribution in [-0.2, 0) is 4.74 Å². The summed E-state index contributed by atoms with van der Waals surface area (Å²) in [5.74, 6) is -0.508. The number of aromatic nitrogens is 1. The lowest BCUT2D eigenvalue weighted by atomic mass is 10.1. The number of nitrogens with one attached hydrogen (secondary N) is 1. The van der Waals surface area contributed by atoms with Crippen LogP contribution in [0, 0.1) is 6.92 Å². The molecular weight excluding hydrogens is 298 g/mol. The zero-order valence-corrected chi connectivity index (χ0v) is 11.6. The zero-order valence-electron chi connectivity index (χ0n) is 10.0. The Kier molecular flexibility index (Phi) is 3.52. The van der Waals surface area contributed by atoms with E-state index in [9.17, 15) is 9.59 Å². The van der Waals surface area contributed by atoms with Gasteiger partial charge in [-0.1, -0.05) is 22.0 Å². The van der Waals surface area contributed by atoms with Crippen LogP contribution in [0.15, 0.2) is 16.6 Å². The molecule has 0 saturated heterocycles. The van der Waals surface area contributed by atoms with E-state index >= 15 is 0 Å². The number of aromatic amines is 1. The molecule has 0 unspecified atom stereocenters. The molecule has 0 aliphatic rings. The topological polar surface area (TPSA) is 59.2 Å². The summed E-state index contributed by atoms with van der Waals surface area (Å²) in [5, 5.41) is 0.730. The van der Waals surface area contributed by atoms with Gasteiger partial charge in [-0.05, 0) is 25.5 Å². The van der Waals surface area contributed by atoms with Gasteiger partial charge in [0.15, 0.2) is 6.29 Å². The van der Waals surface area contributed by atoms with Crippen LogP contribution in [-0.4, -0.2) is 23.8 Å². The fraction of sp³-hybridized carbons (Fsp3) is 0.231. The molecule has 1 N–H and O–H groups in total. The largest absolute Gasteiger partial charge is 0.461 e. The Bertz CT molecular complexity index is 631. The summed E-state index contributed by atoms with van der Waals surface area (Å²) in [5.41, 5.74) is 2.28. The van der Waals surface area contributed by atoms with E-state index in [0.717, 1.165) is 20.9 Å². The Hall–Kier alpha value is -1.62. The smallest absolute Gasteiger partial charge is 0.355 e. The number of carbonyl (C=O) groups is 2. The van der Waals surface area contributed by atoms with Crippen LogP contribution in [0.4, 0.5) is 0 Å². The Balaban J connectivity index is 2.72. The predicted molar refractivity (Wildman–Crippen MR) is 72.1 cm³/mol. The molecule has 2 rings (SSSR count). The highest BCUT2D eigenvalue weighted by Gasteiger charge is 2.19. The molecule has 2 aromatic rings. The molecule has 1 aromatic heterocycles. The first-order valence-electron chi connectivity index (χ1n) is 5.53. The molecule has 0 spiro atoms. The van der Waals surface area contributed by atoms with Gasteiger partial charge in [-0.3, -0.25) is 4.79 Å². The van der Waals surface area contributed by atoms with Crippen molar-refractivity contribution in [3.63, 3.8) is 0 Å². The first kappa shape index (κ1) is 12.8. The molecule has 0 aliphatic heterocycles. The second-order valence-corrected chi connectivity index (χ2v) is 4.70. The summed E-state index contributed by atoms with van der Waals surface area (Å²) in [6.45, 7) is 3.91. The van der Waals surface area contributed by atoms with Gasteiger partial charge in [0.25, 0.3) is 0 Å². The monoisotopic (exact) mass is 309 g/mol. The molecular formula is C13H12BrNO3. The fourth-order valence-electron chi connectivity index (χ4n) is 1.89. The minimum atomic E-state index is -0.508. The minimum absolute atomic E-state index is 0.211. The van der Waals surface area contributed by atoms with E-state index in [2.05, 4.69) is 20.9 Å². The van der Waals surface area contributed by atoms with E-state index in [-0.39, 0.29) is 12.3 Å². The number of halogens is 1. The summed E-state index contributed by atoms with van der Waals surface area (Å²) in [7, 11) is 0. The first-order chi connectivity index (χ1) is 8.60. The number of esters is 1. The molecule has 94 valence electrons. The van der Waals surface area contributed by atoms with Gasteiger partial charge in [0, 0.05) is 9.86 Å². The molecule has 0 amide bonds. The molecule has 0 bridgehead atoms. The molecule has 4 nitrogen and oxygen atoms in total. The van der Waals surface area contributed by atoms with Gasteiger partial charge < -0.3 is 9.72 Å². The number of aldehydes is 1. The Morgan fingerprint density at radius 3 is 2.83 bits per heavy atom. The van der Waals surface area contributed by atoms with Gasteiger partial charge in [-0.15, -0.1) is 0 Å². The second kappa shape index (κ2) is 4.94. The van der Waals surface area contributed by atoms with E-state index in [0.29, 0.717) is 11.8 Å². The van der Waals surface area contributed by atoms with Crippen LogP contribution in [0.25, 0.3) is 10.9 Å². The molecule has 0 radical (unpaired) electrons. The van der Waals surface area contributed by atoms with Crippen molar-refractivity contribution in [1.82, 2.24) is 4.98 Å². The van der Waals surface area contributed by atoms with E-state index in [4.69, 9.17) is 4.74 Å². The summed E-state index contributed by atoms with van der Waals surface area (Å²) in [4.78, 5) is 25.9. The number of carbonyl (C=O) groups excluding carboxylic acids is 2. The molecule has 0 fully saturated rings. The number of benzene rings is 1. The van der Waals surface area contributed by atoms with Crippen molar-refractivity contribution in [2.24, 2.45) is 0 Å². The lowest BCUT2D eigenvalue weighted by molar-refractivity contribution is 0.0518. The van der Waals surface area contributed by atoms with Crippen LogP contribution in [0.3, 0.4) is 0 Å². The second-order valence-electron chi connectivity index (χ2n) is 3.85. The van der Waals surface area contributed by atoms with Crippen LogP contribution in [0.1, 0.15) is 33.3 Å². The Labute approximate surface area is 112 Å². The van der Waals surface area contributed by atoms with Crippen molar-refractivity contribution in [3.8, 4) is 0 Å². The SMILES string of the molecule is CCOC(=O)c1[nH]c2c(C)c(Br)ccc2c1C=O. The lowest BCUT2D eigenvalue weighted by Crippen LogP contribution is -2.07. The van der Waals surface area contributed by atoms with Crippen molar-refractivity contribution in [2.45, 2.75) is 13.8 Å². The lowest BCUT2D eigenvalue weighted by Gasteiger charge is -1.99. The van der Waals surface area contributed by atoms with Crippen molar-refractivity contribution in [2.75, 3.05) is 6.61 Å². The van der Waals surface area contributed by atoms with Gasteiger partial charge in [0.2, 0.25) is 0 Å². The highest BCUT2D eigenvalue weighted by molar-refractivity contribution is 9.10. The number of ether oxygens (including phenoxy) is 1. The molecule has 0 atom stereocenters. The summed E-state index contributed by atoms with van der Waals surface area (Å²) in [6, 6.07) is 3.66. The van der Waals surface area contributed by atoms with Crippen molar-refractivity contribution in [3.05, 3.63) is 33.4 Å². The predicted octanol–water partition coefficient (Wildman–Crippen LogP) is 3.23. The number of rotatable bonds is 3. The van der Waals surface area contributed by atoms with Gasteiger partial charge in [0.05, 0.1) is 17.7 Å². The van der Waals surface area contributed by atoms with Crippen LogP contribution >= 0.6 is 15.9 Å². The van der Waals surface area contributed by atoms with E-state index < -0.39 is 5.97 Å². The number of hydrogen-bond donors (Lipinski definition) is 1. The highest BCUT2D eigenvalue weighted by Crippen LogP contribution is 2.29. The molecule has 18 heavy (non-hydrogen) atoms. The van der Waals surface area contributed by atoms with Crippen molar-refractivity contribution >= 4 is 39.1 Å². The maximum atomic E-state index is 11.8. The standard InChI is InChI=1S/C13H12BrNO3/c1-3-18-13(17)12-9(6-16)8-4-5-10(14)7(2)11(8)15-12/h4-6,15H,3H2,1-2H3. The van der Waals surface area contributed by atoms with Gasteiger partial charge in [-0.2, -0.15) is 0 Å². The third-order valence-corrected chi connectivity index (χ3v) is 3.66. The average molecular weight is 310 g/mol. The number of H-pyrrole nitrogens is 1. The average Bonchev–Trinajstić information content (AvgIpc) is 2.73. The van der Waals surface area contributed by atoms with Gasteiger partial charge >= 0.3 is 5.97 Å². The minimum Gasteiger partial charge on any atom is -0.461 e. The summed E-state index contributed by atoms with van der Waals surface area (Å²) in [6.07, 6.45) is 0.679. The maximum Gasteiger partial charge on any atom is 0.355 e. The van der Waals surface area contributed by atoms with Crippen LogP contribution < -0.4 is 0 Å². The zero-order chi connectivity index (χ0) is 13.3. The highest BCUT2D eigenvalue weighted by atomic mass is 79.9. The third kappa shape index (κ3) is 1.95. The quantitative estimate of drug-likeness (QED) is 0.699. The Morgan fingerprint density at radius 2 is 2.22 bits per heavy atom. The fourth-order valence-corrected chi connectivity index (χ4v) is 2.22. The number of fused-ring (bicyclic) bond motifs is 1. The van der Waals surface area contributed by atoms with Crippen molar-refractivity contribution in [1.29, 1.82) is 0 Å². The maximum absolute atomic E-state index is 11.8. The van der Waals surface area contributed by atoms with Gasteiger partial charge in [0.1, 0.15) is 5.69 Å². The molecule has 0 saturated carbocycles. The van der Waals surface area contributed by atoms with Crippen LogP contribution in [0.2, 0.25) is 0 Å². The summed E-state index contributed by atoms with van der Waals surface area (Å²) >= 11 is 3.42. The van der Waals surface area contributed by atoms with E-state index in [1.165, 1.54) is 0 Å². The first-order valence-corrected chi connectivity index (χ1v) is 6.32. The number of aryl methyl sites for hydroxylation is 1. The summed E-state index contributed by atoms with van der Waals surface area (Å²) < 4.78 is 5.85. The Morgan fingerprint density at radius 1 is 1.50 bits per heavy atom. The van der Waals surface area contributed by atoms with E-state index in [1.807, 2.05) is 13.0 Å². The molecule has 1 heterocycles.